The quantitative estimate of drug-likeness (QED) is 0.302. The van der Waals surface area contributed by atoms with Crippen LogP contribution in [-0.4, -0.2) is 64.0 Å². The van der Waals surface area contributed by atoms with Crippen LogP contribution in [0.5, 0.6) is 11.5 Å². The number of carbonyl (C=O) groups is 4. The van der Waals surface area contributed by atoms with Crippen molar-refractivity contribution >= 4 is 24.4 Å². The van der Waals surface area contributed by atoms with E-state index in [0.717, 1.165) is 14.2 Å². The van der Waals surface area contributed by atoms with Crippen molar-refractivity contribution < 1.29 is 52.3 Å². The lowest BCUT2D eigenvalue weighted by Crippen LogP contribution is -2.51. The van der Waals surface area contributed by atoms with Crippen molar-refractivity contribution in [1.82, 2.24) is 0 Å². The first kappa shape index (κ1) is 27.5. The van der Waals surface area contributed by atoms with Crippen LogP contribution in [0.2, 0.25) is 0 Å². The molecule has 0 spiro atoms. The predicted octanol–water partition coefficient (Wildman–Crippen LogP) is 2.73. The Morgan fingerprint density at radius 3 is 2.09 bits per heavy atom. The number of nitrogens with two attached hydrogens (primary N) is 1. The van der Waals surface area contributed by atoms with Gasteiger partial charge >= 0.3 is 24.4 Å². The minimum absolute atomic E-state index is 0.0944. The number of carbonyl (C=O) groups excluding carboxylic acids is 4. The van der Waals surface area contributed by atoms with E-state index in [-0.39, 0.29) is 37.1 Å². The van der Waals surface area contributed by atoms with Gasteiger partial charge in [-0.25, -0.2) is 14.4 Å². The molecule has 0 aromatic heterocycles. The summed E-state index contributed by atoms with van der Waals surface area (Å²) in [6.45, 7) is 3.35. The van der Waals surface area contributed by atoms with E-state index in [1.54, 1.807) is 6.92 Å². The first-order valence-corrected chi connectivity index (χ1v) is 9.93. The smallest absolute Gasteiger partial charge is 0.468 e. The molecule has 0 fully saturated rings. The van der Waals surface area contributed by atoms with E-state index < -0.39 is 30.0 Å². The molecule has 0 aliphatic rings. The number of rotatable bonds is 10. The van der Waals surface area contributed by atoms with Gasteiger partial charge in [-0.3, -0.25) is 4.79 Å². The minimum atomic E-state index is -1.60. The maximum Gasteiger partial charge on any atom is 0.513 e. The highest BCUT2D eigenvalue weighted by Gasteiger charge is 2.36. The van der Waals surface area contributed by atoms with E-state index in [2.05, 4.69) is 9.47 Å². The summed E-state index contributed by atoms with van der Waals surface area (Å²) in [5.74, 6) is -1.06. The Kier molecular flexibility index (Phi) is 10.9. The molecule has 2 N–H and O–H groups in total. The lowest BCUT2D eigenvalue weighted by atomic mass is 9.88. The summed E-state index contributed by atoms with van der Waals surface area (Å²) in [5, 5.41) is 0. The van der Waals surface area contributed by atoms with Crippen LogP contribution in [0.25, 0.3) is 0 Å². The summed E-state index contributed by atoms with van der Waals surface area (Å²) in [4.78, 5) is 47.1. The topological polar surface area (TPSA) is 159 Å². The Hall–Kier alpha value is -3.54. The van der Waals surface area contributed by atoms with Gasteiger partial charge in [0.05, 0.1) is 27.9 Å². The monoisotopic (exact) mass is 471 g/mol. The van der Waals surface area contributed by atoms with E-state index >= 15 is 0 Å². The first-order chi connectivity index (χ1) is 15.6. The fraction of sp³-hybridized carbons (Fsp3) is 0.524. The van der Waals surface area contributed by atoms with Crippen molar-refractivity contribution in [2.24, 2.45) is 5.73 Å². The fourth-order valence-corrected chi connectivity index (χ4v) is 2.52. The molecule has 2 atom stereocenters. The second-order valence-electron chi connectivity index (χ2n) is 6.90. The highest BCUT2D eigenvalue weighted by atomic mass is 16.7. The molecule has 1 rings (SSSR count). The van der Waals surface area contributed by atoms with Gasteiger partial charge < -0.3 is 38.9 Å². The van der Waals surface area contributed by atoms with E-state index in [9.17, 15) is 19.2 Å². The largest absolute Gasteiger partial charge is 0.513 e. The zero-order valence-corrected chi connectivity index (χ0v) is 19.2. The number of methoxy groups -OCH3 is 3. The summed E-state index contributed by atoms with van der Waals surface area (Å²) < 4.78 is 33.6. The molecule has 0 radical (unpaired) electrons. The van der Waals surface area contributed by atoms with Gasteiger partial charge in [0, 0.05) is 12.8 Å². The average molecular weight is 471 g/mol. The van der Waals surface area contributed by atoms with E-state index in [1.807, 2.05) is 6.92 Å². The van der Waals surface area contributed by atoms with Crippen LogP contribution in [-0.2, 0) is 34.9 Å². The number of ether oxygens (including phenoxy) is 7. The molecule has 184 valence electrons. The Bertz CT molecular complexity index is 841. The standard InChI is InChI=1S/C21H29NO11/c1-6-13(2)31-20(26)30-10-9-21(22,17(23)27-3)12-14-7-8-15(32-18(24)28-4)16(11-14)33-19(25)29-5/h7-8,11,13H,6,9-10,12,22H2,1-5H3/t13-,21+/m0/s1. The summed E-state index contributed by atoms with van der Waals surface area (Å²) in [6.07, 6.45) is -2.88. The van der Waals surface area contributed by atoms with Crippen LogP contribution in [0, 0.1) is 0 Å². The van der Waals surface area contributed by atoms with Gasteiger partial charge in [0.15, 0.2) is 11.5 Å². The summed E-state index contributed by atoms with van der Waals surface area (Å²) in [6, 6.07) is 4.14. The molecular formula is C21H29NO11. The number of hydrogen-bond acceptors (Lipinski definition) is 12. The van der Waals surface area contributed by atoms with Crippen LogP contribution in [0.15, 0.2) is 18.2 Å². The molecule has 0 unspecified atom stereocenters. The normalized spacial score (nSPS) is 13.0. The van der Waals surface area contributed by atoms with Gasteiger partial charge in [-0.15, -0.1) is 0 Å². The molecule has 1 aromatic rings. The van der Waals surface area contributed by atoms with Crippen molar-refractivity contribution in [2.75, 3.05) is 27.9 Å². The summed E-state index contributed by atoms with van der Waals surface area (Å²) in [5.41, 5.74) is 5.09. The lowest BCUT2D eigenvalue weighted by Gasteiger charge is -2.26. The van der Waals surface area contributed by atoms with Gasteiger partial charge in [-0.2, -0.15) is 0 Å². The molecule has 0 aliphatic carbocycles. The van der Waals surface area contributed by atoms with Crippen molar-refractivity contribution in [1.29, 1.82) is 0 Å². The summed E-state index contributed by atoms with van der Waals surface area (Å²) >= 11 is 0. The van der Waals surface area contributed by atoms with Crippen LogP contribution >= 0.6 is 0 Å². The molecule has 12 nitrogen and oxygen atoms in total. The highest BCUT2D eigenvalue weighted by Crippen LogP contribution is 2.31. The van der Waals surface area contributed by atoms with E-state index in [4.69, 9.17) is 29.4 Å². The maximum absolute atomic E-state index is 12.4. The Morgan fingerprint density at radius 1 is 0.939 bits per heavy atom. The average Bonchev–Trinajstić information content (AvgIpc) is 2.79. The Labute approximate surface area is 191 Å². The predicted molar refractivity (Wildman–Crippen MR) is 112 cm³/mol. The molecule has 33 heavy (non-hydrogen) atoms. The molecule has 0 heterocycles. The van der Waals surface area contributed by atoms with Crippen LogP contribution in [0.4, 0.5) is 14.4 Å². The molecular weight excluding hydrogens is 442 g/mol. The number of esters is 1. The zero-order valence-electron chi connectivity index (χ0n) is 19.2. The van der Waals surface area contributed by atoms with Crippen LogP contribution in [0.1, 0.15) is 32.3 Å². The third-order valence-corrected chi connectivity index (χ3v) is 4.48. The molecule has 0 bridgehead atoms. The molecule has 12 heteroatoms. The zero-order chi connectivity index (χ0) is 25.0. The maximum atomic E-state index is 12.4. The molecule has 0 aliphatic heterocycles. The van der Waals surface area contributed by atoms with Crippen molar-refractivity contribution in [3.63, 3.8) is 0 Å². The van der Waals surface area contributed by atoms with Gasteiger partial charge in [0.2, 0.25) is 0 Å². The van der Waals surface area contributed by atoms with Gasteiger partial charge in [-0.05, 0) is 31.0 Å². The number of hydrogen-bond donors (Lipinski definition) is 1. The second-order valence-corrected chi connectivity index (χ2v) is 6.90. The van der Waals surface area contributed by atoms with Crippen molar-refractivity contribution in [3.05, 3.63) is 23.8 Å². The van der Waals surface area contributed by atoms with Gasteiger partial charge in [0.1, 0.15) is 11.6 Å². The fourth-order valence-electron chi connectivity index (χ4n) is 2.52. The first-order valence-electron chi connectivity index (χ1n) is 9.93. The minimum Gasteiger partial charge on any atom is -0.468 e. The van der Waals surface area contributed by atoms with Gasteiger partial charge in [-0.1, -0.05) is 13.0 Å². The van der Waals surface area contributed by atoms with Crippen molar-refractivity contribution in [3.8, 4) is 11.5 Å². The third-order valence-electron chi connectivity index (χ3n) is 4.48. The third kappa shape index (κ3) is 8.85. The summed E-state index contributed by atoms with van der Waals surface area (Å²) in [7, 11) is 3.37. The van der Waals surface area contributed by atoms with E-state index in [0.29, 0.717) is 12.0 Å². The number of benzene rings is 1. The molecule has 0 saturated carbocycles. The van der Waals surface area contributed by atoms with Crippen molar-refractivity contribution in [2.45, 2.75) is 44.8 Å². The highest BCUT2D eigenvalue weighted by molar-refractivity contribution is 5.81. The Balaban J connectivity index is 3.05. The Morgan fingerprint density at radius 2 is 1.55 bits per heavy atom. The molecule has 0 saturated heterocycles. The lowest BCUT2D eigenvalue weighted by molar-refractivity contribution is -0.147. The van der Waals surface area contributed by atoms with Gasteiger partial charge in [0.25, 0.3) is 0 Å². The molecule has 0 amide bonds. The second kappa shape index (κ2) is 13.1. The van der Waals surface area contributed by atoms with E-state index in [1.165, 1.54) is 25.3 Å². The van der Waals surface area contributed by atoms with Crippen LogP contribution in [0.3, 0.4) is 0 Å². The SMILES string of the molecule is CC[C@H](C)OC(=O)OCC[C@@](N)(Cc1ccc(OC(=O)OC)c(OC(=O)OC)c1)C(=O)OC. The molecule has 1 aromatic carbocycles. The van der Waals surface area contributed by atoms with Crippen LogP contribution < -0.4 is 15.2 Å².